The molecule has 0 radical (unpaired) electrons. The molecule has 0 unspecified atom stereocenters. The SMILES string of the molecule is O[C@H]([C@H]1CSCC[C@@H]1O)[C@H]1CSCCC12OCCO2. The third-order valence-corrected chi connectivity index (χ3v) is 6.68. The number of aliphatic hydroxyl groups excluding tert-OH is 2. The van der Waals surface area contributed by atoms with Crippen molar-refractivity contribution < 1.29 is 19.7 Å². The Morgan fingerprint density at radius 1 is 1.11 bits per heavy atom. The van der Waals surface area contributed by atoms with Crippen molar-refractivity contribution in [3.05, 3.63) is 0 Å². The first-order chi connectivity index (χ1) is 9.23. The highest BCUT2D eigenvalue weighted by atomic mass is 32.2. The molecule has 3 fully saturated rings. The molecule has 110 valence electrons. The summed E-state index contributed by atoms with van der Waals surface area (Å²) in [6, 6.07) is 0. The average molecular weight is 306 g/mol. The number of rotatable bonds is 2. The first kappa shape index (κ1) is 14.5. The summed E-state index contributed by atoms with van der Waals surface area (Å²) in [4.78, 5) is 0. The molecule has 3 heterocycles. The molecule has 6 heteroatoms. The molecule has 2 N–H and O–H groups in total. The maximum atomic E-state index is 10.7. The molecule has 0 saturated carbocycles. The van der Waals surface area contributed by atoms with Gasteiger partial charge in [-0.1, -0.05) is 0 Å². The Bertz CT molecular complexity index is 309. The van der Waals surface area contributed by atoms with Gasteiger partial charge in [0.05, 0.1) is 25.4 Å². The highest BCUT2D eigenvalue weighted by molar-refractivity contribution is 7.99. The normalized spacial score (nSPS) is 40.4. The van der Waals surface area contributed by atoms with Gasteiger partial charge in [-0.3, -0.25) is 0 Å². The van der Waals surface area contributed by atoms with Crippen LogP contribution in [0.4, 0.5) is 0 Å². The van der Waals surface area contributed by atoms with Crippen LogP contribution in [-0.2, 0) is 9.47 Å². The standard InChI is InChI=1S/C13H22O4S2/c14-11-1-5-18-7-9(11)12(15)10-8-19-6-2-13(10)16-3-4-17-13/h9-12,14-15H,1-8H2/t9-,10+,11-,12+/m0/s1. The largest absolute Gasteiger partial charge is 0.393 e. The molecule has 0 aromatic rings. The molecule has 0 aromatic heterocycles. The van der Waals surface area contributed by atoms with Crippen molar-refractivity contribution in [2.45, 2.75) is 30.8 Å². The summed E-state index contributed by atoms with van der Waals surface area (Å²) in [6.07, 6.45) is 0.700. The van der Waals surface area contributed by atoms with E-state index < -0.39 is 11.9 Å². The van der Waals surface area contributed by atoms with E-state index in [1.807, 2.05) is 23.5 Å². The first-order valence-electron chi connectivity index (χ1n) is 7.02. The lowest BCUT2D eigenvalue weighted by Gasteiger charge is -2.44. The number of thioether (sulfide) groups is 2. The number of hydrogen-bond donors (Lipinski definition) is 2. The quantitative estimate of drug-likeness (QED) is 0.792. The lowest BCUT2D eigenvalue weighted by atomic mass is 9.82. The molecule has 3 rings (SSSR count). The highest BCUT2D eigenvalue weighted by Crippen LogP contribution is 2.43. The van der Waals surface area contributed by atoms with Crippen molar-refractivity contribution >= 4 is 23.5 Å². The van der Waals surface area contributed by atoms with Gasteiger partial charge in [0.2, 0.25) is 0 Å². The summed E-state index contributed by atoms with van der Waals surface area (Å²) in [5.41, 5.74) is 0. The van der Waals surface area contributed by atoms with E-state index in [1.165, 1.54) is 0 Å². The molecule has 19 heavy (non-hydrogen) atoms. The second kappa shape index (κ2) is 6.12. The average Bonchev–Trinajstić information content (AvgIpc) is 2.88. The van der Waals surface area contributed by atoms with Crippen LogP contribution in [0, 0.1) is 11.8 Å². The van der Waals surface area contributed by atoms with E-state index in [9.17, 15) is 10.2 Å². The predicted octanol–water partition coefficient (Wildman–Crippen LogP) is 0.958. The van der Waals surface area contributed by atoms with E-state index in [-0.39, 0.29) is 17.9 Å². The second-order valence-corrected chi connectivity index (χ2v) is 7.83. The van der Waals surface area contributed by atoms with E-state index in [0.29, 0.717) is 13.2 Å². The maximum Gasteiger partial charge on any atom is 0.175 e. The minimum Gasteiger partial charge on any atom is -0.393 e. The fraction of sp³-hybridized carbons (Fsp3) is 1.00. The van der Waals surface area contributed by atoms with Gasteiger partial charge in [0.25, 0.3) is 0 Å². The van der Waals surface area contributed by atoms with E-state index in [2.05, 4.69) is 0 Å². The lowest BCUT2D eigenvalue weighted by molar-refractivity contribution is -0.221. The summed E-state index contributed by atoms with van der Waals surface area (Å²) in [5, 5.41) is 20.9. The number of aliphatic hydroxyl groups is 2. The molecule has 0 aromatic carbocycles. The van der Waals surface area contributed by atoms with Crippen LogP contribution in [0.25, 0.3) is 0 Å². The van der Waals surface area contributed by atoms with Gasteiger partial charge in [0.15, 0.2) is 5.79 Å². The number of hydrogen-bond acceptors (Lipinski definition) is 6. The molecule has 3 saturated heterocycles. The van der Waals surface area contributed by atoms with Gasteiger partial charge in [0, 0.05) is 29.8 Å². The van der Waals surface area contributed by atoms with Crippen molar-refractivity contribution in [3.8, 4) is 0 Å². The van der Waals surface area contributed by atoms with Crippen LogP contribution in [-0.4, -0.2) is 64.4 Å². The van der Waals surface area contributed by atoms with E-state index in [0.717, 1.165) is 35.9 Å². The summed E-state index contributed by atoms with van der Waals surface area (Å²) in [6.45, 7) is 1.24. The zero-order chi connectivity index (χ0) is 13.3. The first-order valence-corrected chi connectivity index (χ1v) is 9.33. The van der Waals surface area contributed by atoms with Crippen LogP contribution in [0.2, 0.25) is 0 Å². The molecule has 4 atom stereocenters. The Kier molecular flexibility index (Phi) is 4.66. The lowest BCUT2D eigenvalue weighted by Crippen LogP contribution is -2.54. The van der Waals surface area contributed by atoms with Gasteiger partial charge >= 0.3 is 0 Å². The van der Waals surface area contributed by atoms with Crippen LogP contribution >= 0.6 is 23.5 Å². The smallest absolute Gasteiger partial charge is 0.175 e. The predicted molar refractivity (Wildman–Crippen MR) is 77.5 cm³/mol. The van der Waals surface area contributed by atoms with Crippen LogP contribution in [0.3, 0.4) is 0 Å². The van der Waals surface area contributed by atoms with Crippen LogP contribution in [0.1, 0.15) is 12.8 Å². The minimum absolute atomic E-state index is 0.0212. The Hall–Kier alpha value is 0.540. The summed E-state index contributed by atoms with van der Waals surface area (Å²) >= 11 is 3.67. The fourth-order valence-corrected chi connectivity index (χ4v) is 5.86. The van der Waals surface area contributed by atoms with E-state index in [4.69, 9.17) is 9.47 Å². The summed E-state index contributed by atoms with van der Waals surface area (Å²) in [7, 11) is 0. The Morgan fingerprint density at radius 3 is 2.58 bits per heavy atom. The molecular formula is C13H22O4S2. The van der Waals surface area contributed by atoms with Crippen molar-refractivity contribution in [1.29, 1.82) is 0 Å². The minimum atomic E-state index is -0.591. The molecule has 0 bridgehead atoms. The highest BCUT2D eigenvalue weighted by Gasteiger charge is 2.51. The Morgan fingerprint density at radius 2 is 1.84 bits per heavy atom. The second-order valence-electron chi connectivity index (χ2n) is 5.53. The van der Waals surface area contributed by atoms with Crippen molar-refractivity contribution in [2.75, 3.05) is 36.2 Å². The monoisotopic (exact) mass is 306 g/mol. The molecule has 4 nitrogen and oxygen atoms in total. The Balaban J connectivity index is 1.74. The summed E-state index contributed by atoms with van der Waals surface area (Å²) in [5.74, 6) is 3.04. The molecule has 0 amide bonds. The van der Waals surface area contributed by atoms with Crippen molar-refractivity contribution in [3.63, 3.8) is 0 Å². The molecule has 1 spiro atoms. The van der Waals surface area contributed by atoms with E-state index in [1.54, 1.807) is 0 Å². The third-order valence-electron chi connectivity index (χ3n) is 4.45. The van der Waals surface area contributed by atoms with E-state index >= 15 is 0 Å². The number of ether oxygens (including phenoxy) is 2. The zero-order valence-corrected chi connectivity index (χ0v) is 12.6. The summed E-state index contributed by atoms with van der Waals surface area (Å²) < 4.78 is 11.7. The van der Waals surface area contributed by atoms with Gasteiger partial charge in [-0.25, -0.2) is 0 Å². The molecule has 0 aliphatic carbocycles. The van der Waals surface area contributed by atoms with Crippen LogP contribution in [0.15, 0.2) is 0 Å². The third kappa shape index (κ3) is 2.80. The van der Waals surface area contributed by atoms with Crippen LogP contribution in [0.5, 0.6) is 0 Å². The Labute approximate surface area is 122 Å². The molecular weight excluding hydrogens is 284 g/mol. The van der Waals surface area contributed by atoms with Crippen molar-refractivity contribution in [1.82, 2.24) is 0 Å². The fourth-order valence-electron chi connectivity index (χ4n) is 3.30. The molecule has 3 aliphatic rings. The van der Waals surface area contributed by atoms with Crippen LogP contribution < -0.4 is 0 Å². The van der Waals surface area contributed by atoms with Gasteiger partial charge < -0.3 is 19.7 Å². The zero-order valence-electron chi connectivity index (χ0n) is 11.0. The van der Waals surface area contributed by atoms with Gasteiger partial charge in [0.1, 0.15) is 0 Å². The van der Waals surface area contributed by atoms with Crippen molar-refractivity contribution in [2.24, 2.45) is 11.8 Å². The van der Waals surface area contributed by atoms with Gasteiger partial charge in [-0.15, -0.1) is 0 Å². The maximum absolute atomic E-state index is 10.7. The molecule has 3 aliphatic heterocycles. The van der Waals surface area contributed by atoms with Gasteiger partial charge in [-0.05, 0) is 17.9 Å². The van der Waals surface area contributed by atoms with Gasteiger partial charge in [-0.2, -0.15) is 23.5 Å². The topological polar surface area (TPSA) is 58.9 Å².